The Bertz CT molecular complexity index is 743. The minimum absolute atomic E-state index is 0.0318. The minimum Gasteiger partial charge on any atom is -0.484 e. The van der Waals surface area contributed by atoms with Crippen molar-refractivity contribution >= 4 is 5.91 Å². The molecule has 1 aromatic carbocycles. The van der Waals surface area contributed by atoms with E-state index in [0.29, 0.717) is 19.1 Å². The largest absolute Gasteiger partial charge is 0.484 e. The first-order chi connectivity index (χ1) is 12.0. The Hall–Kier alpha value is -2.63. The number of ether oxygens (including phenoxy) is 2. The number of rotatable bonds is 5. The molecule has 1 saturated heterocycles. The molecule has 0 spiro atoms. The maximum Gasteiger partial charge on any atom is 0.317 e. The highest BCUT2D eigenvalue weighted by molar-refractivity contribution is 5.78. The SMILES string of the molecule is Cc1cc(C)nc(O[C@@H]2CCN(C(=O)COc3ccccc3C)C2)n1. The van der Waals surface area contributed by atoms with Crippen LogP contribution in [0.3, 0.4) is 0 Å². The Balaban J connectivity index is 1.52. The van der Waals surface area contributed by atoms with Crippen molar-refractivity contribution in [3.63, 3.8) is 0 Å². The monoisotopic (exact) mass is 341 g/mol. The molecule has 3 rings (SSSR count). The maximum absolute atomic E-state index is 12.4. The second-order valence-corrected chi connectivity index (χ2v) is 6.36. The van der Waals surface area contributed by atoms with E-state index in [0.717, 1.165) is 29.1 Å². The quantitative estimate of drug-likeness (QED) is 0.836. The number of amides is 1. The Kier molecular flexibility index (Phi) is 5.16. The molecule has 25 heavy (non-hydrogen) atoms. The Morgan fingerprint density at radius 1 is 1.20 bits per heavy atom. The van der Waals surface area contributed by atoms with E-state index in [2.05, 4.69) is 9.97 Å². The van der Waals surface area contributed by atoms with Crippen LogP contribution in [0, 0.1) is 20.8 Å². The van der Waals surface area contributed by atoms with Gasteiger partial charge in [-0.2, -0.15) is 0 Å². The highest BCUT2D eigenvalue weighted by Gasteiger charge is 2.28. The highest BCUT2D eigenvalue weighted by atomic mass is 16.5. The van der Waals surface area contributed by atoms with Crippen molar-refractivity contribution in [1.29, 1.82) is 0 Å². The van der Waals surface area contributed by atoms with Crippen LogP contribution < -0.4 is 9.47 Å². The topological polar surface area (TPSA) is 64.5 Å². The maximum atomic E-state index is 12.4. The van der Waals surface area contributed by atoms with Crippen LogP contribution in [0.5, 0.6) is 11.8 Å². The van der Waals surface area contributed by atoms with Gasteiger partial charge >= 0.3 is 6.01 Å². The average molecular weight is 341 g/mol. The van der Waals surface area contributed by atoms with Crippen molar-refractivity contribution in [2.24, 2.45) is 0 Å². The first kappa shape index (κ1) is 17.2. The normalized spacial score (nSPS) is 16.8. The van der Waals surface area contributed by atoms with Gasteiger partial charge in [-0.15, -0.1) is 0 Å². The molecule has 6 heteroatoms. The summed E-state index contributed by atoms with van der Waals surface area (Å²) in [5.41, 5.74) is 2.77. The smallest absolute Gasteiger partial charge is 0.317 e. The molecule has 1 amide bonds. The second kappa shape index (κ2) is 7.51. The number of hydrogen-bond donors (Lipinski definition) is 0. The van der Waals surface area contributed by atoms with Gasteiger partial charge in [-0.3, -0.25) is 4.79 Å². The van der Waals surface area contributed by atoms with E-state index in [4.69, 9.17) is 9.47 Å². The zero-order chi connectivity index (χ0) is 17.8. The summed E-state index contributed by atoms with van der Waals surface area (Å²) >= 11 is 0. The summed E-state index contributed by atoms with van der Waals surface area (Å²) in [4.78, 5) is 22.7. The molecule has 0 N–H and O–H groups in total. The van der Waals surface area contributed by atoms with Crippen LogP contribution in [0.1, 0.15) is 23.4 Å². The van der Waals surface area contributed by atoms with Crippen molar-refractivity contribution in [3.05, 3.63) is 47.3 Å². The lowest BCUT2D eigenvalue weighted by Crippen LogP contribution is -2.34. The lowest BCUT2D eigenvalue weighted by Gasteiger charge is -2.17. The van der Waals surface area contributed by atoms with Crippen LogP contribution in [0.15, 0.2) is 30.3 Å². The molecule has 0 bridgehead atoms. The molecule has 0 unspecified atom stereocenters. The molecule has 1 aliphatic rings. The number of hydrogen-bond acceptors (Lipinski definition) is 5. The van der Waals surface area contributed by atoms with E-state index in [9.17, 15) is 4.79 Å². The predicted octanol–water partition coefficient (Wildman–Crippen LogP) is 2.46. The molecule has 1 aromatic heterocycles. The van der Waals surface area contributed by atoms with Gasteiger partial charge in [0.25, 0.3) is 5.91 Å². The number of nitrogens with zero attached hydrogens (tertiary/aromatic N) is 3. The van der Waals surface area contributed by atoms with Crippen LogP contribution >= 0.6 is 0 Å². The fraction of sp³-hybridized carbons (Fsp3) is 0.421. The standard InChI is InChI=1S/C19H23N3O3/c1-13-6-4-5-7-17(13)24-12-18(23)22-9-8-16(11-22)25-19-20-14(2)10-15(3)21-19/h4-7,10,16H,8-9,11-12H2,1-3H3/t16-/m1/s1. The number of carbonyl (C=O) groups is 1. The third kappa shape index (κ3) is 4.47. The molecule has 2 aromatic rings. The van der Waals surface area contributed by atoms with Crippen LogP contribution in [0.25, 0.3) is 0 Å². The summed E-state index contributed by atoms with van der Waals surface area (Å²) in [7, 11) is 0. The van der Waals surface area contributed by atoms with Crippen LogP contribution in [-0.2, 0) is 4.79 Å². The molecule has 6 nitrogen and oxygen atoms in total. The Morgan fingerprint density at radius 2 is 1.92 bits per heavy atom. The van der Waals surface area contributed by atoms with Gasteiger partial charge in [0.15, 0.2) is 6.61 Å². The van der Waals surface area contributed by atoms with Gasteiger partial charge in [0.05, 0.1) is 6.54 Å². The molecular weight excluding hydrogens is 318 g/mol. The third-order valence-corrected chi connectivity index (χ3v) is 4.18. The Labute approximate surface area is 147 Å². The van der Waals surface area contributed by atoms with Crippen molar-refractivity contribution in [1.82, 2.24) is 14.9 Å². The summed E-state index contributed by atoms with van der Waals surface area (Å²) in [6.07, 6.45) is 0.690. The molecule has 132 valence electrons. The third-order valence-electron chi connectivity index (χ3n) is 4.18. The minimum atomic E-state index is -0.0800. The lowest BCUT2D eigenvalue weighted by molar-refractivity contribution is -0.132. The number of likely N-dealkylation sites (tertiary alicyclic amines) is 1. The lowest BCUT2D eigenvalue weighted by atomic mass is 10.2. The van der Waals surface area contributed by atoms with Crippen LogP contribution in [0.2, 0.25) is 0 Å². The molecule has 0 radical (unpaired) electrons. The molecule has 1 aliphatic heterocycles. The summed E-state index contributed by atoms with van der Waals surface area (Å²) in [6, 6.07) is 9.96. The number of para-hydroxylation sites is 1. The average Bonchev–Trinajstić information content (AvgIpc) is 3.01. The zero-order valence-corrected chi connectivity index (χ0v) is 14.9. The number of aromatic nitrogens is 2. The van der Waals surface area contributed by atoms with Gasteiger partial charge in [-0.1, -0.05) is 18.2 Å². The van der Waals surface area contributed by atoms with Crippen molar-refractivity contribution in [2.45, 2.75) is 33.3 Å². The van der Waals surface area contributed by atoms with Gasteiger partial charge in [0.1, 0.15) is 11.9 Å². The molecule has 1 atom stereocenters. The van der Waals surface area contributed by atoms with Gasteiger partial charge in [-0.05, 0) is 38.5 Å². The summed E-state index contributed by atoms with van der Waals surface area (Å²) in [5.74, 6) is 0.710. The molecular formula is C19H23N3O3. The molecule has 1 fully saturated rings. The number of benzene rings is 1. The van der Waals surface area contributed by atoms with E-state index < -0.39 is 0 Å². The summed E-state index contributed by atoms with van der Waals surface area (Å²) < 4.78 is 11.5. The van der Waals surface area contributed by atoms with Gasteiger partial charge < -0.3 is 14.4 Å². The van der Waals surface area contributed by atoms with Gasteiger partial charge in [0.2, 0.25) is 0 Å². The van der Waals surface area contributed by atoms with Gasteiger partial charge in [-0.25, -0.2) is 9.97 Å². The van der Waals surface area contributed by atoms with Crippen LogP contribution in [-0.4, -0.2) is 46.6 Å². The van der Waals surface area contributed by atoms with E-state index in [1.54, 1.807) is 4.90 Å². The first-order valence-corrected chi connectivity index (χ1v) is 8.46. The fourth-order valence-electron chi connectivity index (χ4n) is 2.90. The van der Waals surface area contributed by atoms with E-state index in [-0.39, 0.29) is 18.6 Å². The predicted molar refractivity (Wildman–Crippen MR) is 93.8 cm³/mol. The van der Waals surface area contributed by atoms with E-state index in [1.165, 1.54) is 0 Å². The van der Waals surface area contributed by atoms with Gasteiger partial charge in [0, 0.05) is 24.4 Å². The summed E-state index contributed by atoms with van der Waals surface area (Å²) in [6.45, 7) is 7.02. The molecule has 0 saturated carbocycles. The molecule has 2 heterocycles. The van der Waals surface area contributed by atoms with Crippen molar-refractivity contribution < 1.29 is 14.3 Å². The zero-order valence-electron chi connectivity index (χ0n) is 14.9. The van der Waals surface area contributed by atoms with Crippen molar-refractivity contribution in [3.8, 4) is 11.8 Å². The second-order valence-electron chi connectivity index (χ2n) is 6.36. The fourth-order valence-corrected chi connectivity index (χ4v) is 2.90. The number of aryl methyl sites for hydroxylation is 3. The molecule has 0 aliphatic carbocycles. The van der Waals surface area contributed by atoms with Crippen molar-refractivity contribution in [2.75, 3.05) is 19.7 Å². The summed E-state index contributed by atoms with van der Waals surface area (Å²) in [5, 5.41) is 0. The first-order valence-electron chi connectivity index (χ1n) is 8.46. The Morgan fingerprint density at radius 3 is 2.64 bits per heavy atom. The van der Waals surface area contributed by atoms with Crippen LogP contribution in [0.4, 0.5) is 0 Å². The highest BCUT2D eigenvalue weighted by Crippen LogP contribution is 2.18. The number of carbonyl (C=O) groups excluding carboxylic acids is 1. The van der Waals surface area contributed by atoms with E-state index >= 15 is 0 Å². The van der Waals surface area contributed by atoms with E-state index in [1.807, 2.05) is 51.1 Å².